The SMILES string of the molecule is Fc1ccc[se]1. The first kappa shape index (κ1) is 4.10. The molecule has 0 aromatic carbocycles. The molecule has 0 N–H and O–H groups in total. The van der Waals surface area contributed by atoms with Gasteiger partial charge >= 0.3 is 40.7 Å². The van der Waals surface area contributed by atoms with E-state index in [9.17, 15) is 4.39 Å². The zero-order valence-corrected chi connectivity index (χ0v) is 4.73. The van der Waals surface area contributed by atoms with Gasteiger partial charge in [0.05, 0.1) is 0 Å². The van der Waals surface area contributed by atoms with Crippen molar-refractivity contribution < 1.29 is 4.39 Å². The van der Waals surface area contributed by atoms with E-state index in [2.05, 4.69) is 0 Å². The van der Waals surface area contributed by atoms with Crippen molar-refractivity contribution in [1.29, 1.82) is 0 Å². The van der Waals surface area contributed by atoms with Crippen molar-refractivity contribution in [3.8, 4) is 0 Å². The van der Waals surface area contributed by atoms with Crippen molar-refractivity contribution >= 4 is 14.5 Å². The Hall–Kier alpha value is -0.0705. The second-order valence-electron chi connectivity index (χ2n) is 0.917. The van der Waals surface area contributed by atoms with Gasteiger partial charge in [0.2, 0.25) is 0 Å². The van der Waals surface area contributed by atoms with Gasteiger partial charge in [-0.25, -0.2) is 0 Å². The summed E-state index contributed by atoms with van der Waals surface area (Å²) in [6, 6.07) is 3.25. The third-order valence-electron chi connectivity index (χ3n) is 0.486. The summed E-state index contributed by atoms with van der Waals surface area (Å²) in [7, 11) is 0. The number of hydrogen-bond donors (Lipinski definition) is 0. The Morgan fingerprint density at radius 2 is 2.50 bits per heavy atom. The zero-order chi connectivity index (χ0) is 4.41. The van der Waals surface area contributed by atoms with Crippen molar-refractivity contribution in [2.75, 3.05) is 0 Å². The summed E-state index contributed by atoms with van der Waals surface area (Å²) in [6.07, 6.45) is 0. The van der Waals surface area contributed by atoms with Crippen LogP contribution in [0.3, 0.4) is 0 Å². The second-order valence-corrected chi connectivity index (χ2v) is 2.80. The van der Waals surface area contributed by atoms with E-state index in [0.29, 0.717) is 0 Å². The maximum absolute atomic E-state index is 11.8. The first-order chi connectivity index (χ1) is 2.89. The van der Waals surface area contributed by atoms with E-state index in [4.69, 9.17) is 0 Å². The van der Waals surface area contributed by atoms with E-state index in [1.165, 1.54) is 6.07 Å². The fourth-order valence-corrected chi connectivity index (χ4v) is 1.19. The van der Waals surface area contributed by atoms with Gasteiger partial charge in [-0.05, 0) is 0 Å². The van der Waals surface area contributed by atoms with Crippen LogP contribution in [0.5, 0.6) is 0 Å². The Balaban J connectivity index is 3.05. The molecule has 0 amide bonds. The monoisotopic (exact) mass is 150 g/mol. The molecule has 2 heteroatoms. The first-order valence-electron chi connectivity index (χ1n) is 1.58. The Kier molecular flexibility index (Phi) is 1.08. The van der Waals surface area contributed by atoms with Crippen molar-refractivity contribution in [3.63, 3.8) is 0 Å². The molecular weight excluding hydrogens is 146 g/mol. The van der Waals surface area contributed by atoms with E-state index < -0.39 is 0 Å². The standard InChI is InChI=1S/C4H3FSe/c5-4-2-1-3-6-4/h1-3H. The minimum absolute atomic E-state index is 0.0301. The normalized spacial score (nSPS) is 8.83. The molecule has 0 nitrogen and oxygen atoms in total. The van der Waals surface area contributed by atoms with Crippen LogP contribution in [-0.2, 0) is 0 Å². The molecule has 0 aliphatic heterocycles. The molecule has 0 fully saturated rings. The number of rotatable bonds is 0. The number of halogens is 1. The van der Waals surface area contributed by atoms with E-state index in [1.807, 2.05) is 4.94 Å². The van der Waals surface area contributed by atoms with Crippen LogP contribution in [0.25, 0.3) is 0 Å². The van der Waals surface area contributed by atoms with Gasteiger partial charge in [-0.15, -0.1) is 0 Å². The molecule has 1 heterocycles. The molecule has 0 spiro atoms. The molecule has 0 saturated heterocycles. The molecule has 32 valence electrons. The molecule has 1 aromatic rings. The Labute approximate surface area is 41.4 Å². The number of hydrogen-bond acceptors (Lipinski definition) is 0. The van der Waals surface area contributed by atoms with E-state index in [1.54, 1.807) is 6.07 Å². The van der Waals surface area contributed by atoms with Crippen molar-refractivity contribution in [2.24, 2.45) is 0 Å². The van der Waals surface area contributed by atoms with Gasteiger partial charge in [-0.3, -0.25) is 0 Å². The summed E-state index contributed by atoms with van der Waals surface area (Å²) in [4.78, 5) is 1.85. The Morgan fingerprint density at radius 1 is 1.67 bits per heavy atom. The fourth-order valence-electron chi connectivity index (χ4n) is 0.259. The van der Waals surface area contributed by atoms with Crippen LogP contribution in [0.1, 0.15) is 0 Å². The topological polar surface area (TPSA) is 0 Å². The molecule has 0 radical (unpaired) electrons. The average molecular weight is 149 g/mol. The van der Waals surface area contributed by atoms with E-state index >= 15 is 0 Å². The third kappa shape index (κ3) is 0.702. The summed E-state index contributed by atoms with van der Waals surface area (Å²) >= 11 is 0.0417. The predicted octanol–water partition coefficient (Wildman–Crippen LogP) is 0.883. The molecule has 0 unspecified atom stereocenters. The van der Waals surface area contributed by atoms with Crippen LogP contribution >= 0.6 is 0 Å². The van der Waals surface area contributed by atoms with Crippen LogP contribution in [0.4, 0.5) is 4.39 Å². The van der Waals surface area contributed by atoms with Gasteiger partial charge in [0.25, 0.3) is 0 Å². The summed E-state index contributed by atoms with van der Waals surface area (Å²) in [5.41, 5.74) is 0. The molecule has 0 bridgehead atoms. The molecule has 0 aliphatic carbocycles. The zero-order valence-electron chi connectivity index (χ0n) is 3.02. The van der Waals surface area contributed by atoms with Gasteiger partial charge in [0, 0.05) is 0 Å². The maximum atomic E-state index is 11.8. The van der Waals surface area contributed by atoms with E-state index in [-0.39, 0.29) is 19.2 Å². The molecule has 1 aromatic heterocycles. The summed E-state index contributed by atoms with van der Waals surface area (Å²) in [6.45, 7) is 0. The van der Waals surface area contributed by atoms with Gasteiger partial charge in [-0.2, -0.15) is 0 Å². The first-order valence-corrected chi connectivity index (χ1v) is 3.43. The van der Waals surface area contributed by atoms with Gasteiger partial charge in [0.1, 0.15) is 0 Å². The summed E-state index contributed by atoms with van der Waals surface area (Å²) < 4.78 is 11.8. The van der Waals surface area contributed by atoms with Crippen LogP contribution < -0.4 is 0 Å². The van der Waals surface area contributed by atoms with Gasteiger partial charge < -0.3 is 0 Å². The quantitative estimate of drug-likeness (QED) is 0.480. The Morgan fingerprint density at radius 3 is 2.67 bits per heavy atom. The molecule has 0 aliphatic rings. The predicted molar refractivity (Wildman–Crippen MR) is 23.3 cm³/mol. The van der Waals surface area contributed by atoms with Crippen molar-refractivity contribution in [1.82, 2.24) is 0 Å². The molecular formula is C4H3FSe. The van der Waals surface area contributed by atoms with Crippen molar-refractivity contribution in [3.05, 3.63) is 21.8 Å². The van der Waals surface area contributed by atoms with Crippen LogP contribution in [0, 0.1) is 4.69 Å². The minimum atomic E-state index is 0.0301. The Bertz CT molecular complexity index is 111. The van der Waals surface area contributed by atoms with Crippen LogP contribution in [-0.4, -0.2) is 14.5 Å². The second kappa shape index (κ2) is 1.59. The molecule has 0 saturated carbocycles. The third-order valence-corrected chi connectivity index (χ3v) is 1.86. The van der Waals surface area contributed by atoms with Gasteiger partial charge in [0.15, 0.2) is 0 Å². The van der Waals surface area contributed by atoms with E-state index in [0.717, 1.165) is 0 Å². The molecule has 6 heavy (non-hydrogen) atoms. The van der Waals surface area contributed by atoms with Crippen LogP contribution in [0.15, 0.2) is 17.1 Å². The molecule has 0 atom stereocenters. The fraction of sp³-hybridized carbons (Fsp3) is 0. The average Bonchev–Trinajstić information content (AvgIpc) is 1.86. The summed E-state index contributed by atoms with van der Waals surface area (Å²) in [5.74, 6) is 0. The summed E-state index contributed by atoms with van der Waals surface area (Å²) in [5, 5.41) is 0. The van der Waals surface area contributed by atoms with Crippen molar-refractivity contribution in [2.45, 2.75) is 0 Å². The van der Waals surface area contributed by atoms with Crippen LogP contribution in [0.2, 0.25) is 0 Å². The molecule has 1 rings (SSSR count). The van der Waals surface area contributed by atoms with Gasteiger partial charge in [-0.1, -0.05) is 0 Å².